The number of halogens is 1. The molecule has 2 atom stereocenters. The molecule has 1 saturated carbocycles. The van der Waals surface area contributed by atoms with Gasteiger partial charge >= 0.3 is 0 Å². The van der Waals surface area contributed by atoms with E-state index < -0.39 is 0 Å². The summed E-state index contributed by atoms with van der Waals surface area (Å²) < 4.78 is 1.66. The van der Waals surface area contributed by atoms with Gasteiger partial charge in [0.05, 0.1) is 16.6 Å². The monoisotopic (exact) mass is 427 g/mol. The Bertz CT molecular complexity index is 1200. The van der Waals surface area contributed by atoms with Crippen molar-refractivity contribution in [1.82, 2.24) is 14.9 Å². The van der Waals surface area contributed by atoms with Gasteiger partial charge in [0.15, 0.2) is 4.77 Å². The van der Waals surface area contributed by atoms with Crippen LogP contribution in [-0.2, 0) is 0 Å². The Morgan fingerprint density at radius 1 is 1.21 bits per heavy atom. The van der Waals surface area contributed by atoms with E-state index in [-0.39, 0.29) is 22.3 Å². The lowest BCUT2D eigenvalue weighted by Crippen LogP contribution is -2.41. The molecule has 3 aromatic rings. The Balaban J connectivity index is 1.70. The maximum atomic E-state index is 13.0. The smallest absolute Gasteiger partial charge is 0.266 e. The normalized spacial score (nSPS) is 19.2. The van der Waals surface area contributed by atoms with Crippen molar-refractivity contribution in [2.24, 2.45) is 5.92 Å². The lowest BCUT2D eigenvalue weighted by atomic mass is 9.86. The molecular weight excluding hydrogens is 406 g/mol. The van der Waals surface area contributed by atoms with Crippen molar-refractivity contribution >= 4 is 40.6 Å². The summed E-state index contributed by atoms with van der Waals surface area (Å²) in [6.45, 7) is 2.18. The average Bonchev–Trinajstić information content (AvgIpc) is 2.69. The van der Waals surface area contributed by atoms with Gasteiger partial charge in [0, 0.05) is 16.6 Å². The van der Waals surface area contributed by atoms with Crippen molar-refractivity contribution in [3.63, 3.8) is 0 Å². The zero-order valence-corrected chi connectivity index (χ0v) is 17.6. The van der Waals surface area contributed by atoms with E-state index in [1.807, 2.05) is 0 Å². The third-order valence-corrected chi connectivity index (χ3v) is 6.17. The second-order valence-corrected chi connectivity index (χ2v) is 8.48. The summed E-state index contributed by atoms with van der Waals surface area (Å²) in [6.07, 6.45) is 4.50. The Morgan fingerprint density at radius 3 is 2.79 bits per heavy atom. The van der Waals surface area contributed by atoms with Gasteiger partial charge in [0.1, 0.15) is 0 Å². The van der Waals surface area contributed by atoms with Gasteiger partial charge in [-0.05, 0) is 67.4 Å². The fourth-order valence-electron chi connectivity index (χ4n) is 3.99. The first-order chi connectivity index (χ1) is 13.9. The van der Waals surface area contributed by atoms with Crippen molar-refractivity contribution in [3.05, 3.63) is 68.2 Å². The van der Waals surface area contributed by atoms with E-state index in [9.17, 15) is 9.59 Å². The number of carbonyl (C=O) groups excluding carboxylic acids is 1. The quantitative estimate of drug-likeness (QED) is 0.577. The minimum Gasteiger partial charge on any atom is -0.349 e. The molecule has 0 saturated heterocycles. The molecule has 2 N–H and O–H groups in total. The van der Waals surface area contributed by atoms with Gasteiger partial charge < -0.3 is 10.3 Å². The number of fused-ring (bicyclic) bond motifs is 1. The summed E-state index contributed by atoms with van der Waals surface area (Å²) in [4.78, 5) is 28.9. The standard InChI is InChI=1S/C22H22ClN3O2S/c1-13-5-2-3-8-18(13)24-20(27)14-6-4-7-16(11-14)26-21(28)17-10-9-15(23)12-19(17)25-22(26)29/h4,6-7,9-13,18H,2-3,5,8H2,1H3,(H,24,27)(H,25,29). The molecule has 0 spiro atoms. The van der Waals surface area contributed by atoms with E-state index in [2.05, 4.69) is 17.2 Å². The molecule has 5 nitrogen and oxygen atoms in total. The van der Waals surface area contributed by atoms with Gasteiger partial charge in [-0.25, -0.2) is 0 Å². The molecule has 1 heterocycles. The number of aromatic amines is 1. The topological polar surface area (TPSA) is 66.9 Å². The number of nitrogens with one attached hydrogen (secondary N) is 2. The lowest BCUT2D eigenvalue weighted by molar-refractivity contribution is 0.0910. The second kappa shape index (κ2) is 8.13. The largest absolute Gasteiger partial charge is 0.349 e. The molecule has 2 aromatic carbocycles. The third kappa shape index (κ3) is 4.00. The molecule has 1 aliphatic carbocycles. The highest BCUT2D eigenvalue weighted by molar-refractivity contribution is 7.71. The minimum atomic E-state index is -0.251. The maximum absolute atomic E-state index is 13.0. The van der Waals surface area contributed by atoms with Crippen LogP contribution in [0.2, 0.25) is 5.02 Å². The van der Waals surface area contributed by atoms with E-state index in [0.717, 1.165) is 19.3 Å². The molecule has 7 heteroatoms. The van der Waals surface area contributed by atoms with Gasteiger partial charge in [-0.15, -0.1) is 0 Å². The molecule has 29 heavy (non-hydrogen) atoms. The van der Waals surface area contributed by atoms with Crippen LogP contribution in [0.4, 0.5) is 0 Å². The zero-order chi connectivity index (χ0) is 20.5. The minimum absolute atomic E-state index is 0.124. The van der Waals surface area contributed by atoms with Crippen LogP contribution in [0.15, 0.2) is 47.3 Å². The number of nitrogens with zero attached hydrogens (tertiary/aromatic N) is 1. The first kappa shape index (κ1) is 19.9. The summed E-state index contributed by atoms with van der Waals surface area (Å²) in [6, 6.07) is 12.2. The molecule has 150 valence electrons. The number of benzene rings is 2. The number of carbonyl (C=O) groups is 1. The Kier molecular flexibility index (Phi) is 5.56. The number of amides is 1. The fraction of sp³-hybridized carbons (Fsp3) is 0.318. The maximum Gasteiger partial charge on any atom is 0.266 e. The van der Waals surface area contributed by atoms with Crippen molar-refractivity contribution in [2.45, 2.75) is 38.6 Å². The van der Waals surface area contributed by atoms with Crippen LogP contribution in [-0.4, -0.2) is 21.5 Å². The number of aromatic nitrogens is 2. The van der Waals surface area contributed by atoms with Gasteiger partial charge in [-0.3, -0.25) is 14.2 Å². The van der Waals surface area contributed by atoms with Crippen LogP contribution in [0.1, 0.15) is 43.0 Å². The van der Waals surface area contributed by atoms with Crippen LogP contribution >= 0.6 is 23.8 Å². The lowest BCUT2D eigenvalue weighted by Gasteiger charge is -2.29. The Morgan fingerprint density at radius 2 is 2.00 bits per heavy atom. The highest BCUT2D eigenvalue weighted by atomic mass is 35.5. The molecule has 1 fully saturated rings. The second-order valence-electron chi connectivity index (χ2n) is 7.65. The highest BCUT2D eigenvalue weighted by Gasteiger charge is 2.23. The number of rotatable bonds is 3. The summed E-state index contributed by atoms with van der Waals surface area (Å²) in [7, 11) is 0. The van der Waals surface area contributed by atoms with Crippen LogP contribution in [0.25, 0.3) is 16.6 Å². The SMILES string of the molecule is CC1CCCCC1NC(=O)c1cccc(-n2c(=S)[nH]c3cc(Cl)ccc3c2=O)c1. The highest BCUT2D eigenvalue weighted by Crippen LogP contribution is 2.24. The average molecular weight is 428 g/mol. The van der Waals surface area contributed by atoms with E-state index >= 15 is 0 Å². The van der Waals surface area contributed by atoms with Gasteiger partial charge in [-0.1, -0.05) is 37.4 Å². The fourth-order valence-corrected chi connectivity index (χ4v) is 4.46. The predicted molar refractivity (Wildman–Crippen MR) is 119 cm³/mol. The Labute approximate surface area is 178 Å². The van der Waals surface area contributed by atoms with Crippen LogP contribution in [0, 0.1) is 10.7 Å². The first-order valence-electron chi connectivity index (χ1n) is 9.80. The van der Waals surface area contributed by atoms with Gasteiger partial charge in [0.25, 0.3) is 11.5 Å². The molecule has 0 radical (unpaired) electrons. The van der Waals surface area contributed by atoms with Crippen molar-refractivity contribution < 1.29 is 4.79 Å². The number of hydrogen-bond donors (Lipinski definition) is 2. The molecule has 0 bridgehead atoms. The van der Waals surface area contributed by atoms with E-state index in [1.54, 1.807) is 42.5 Å². The number of hydrogen-bond acceptors (Lipinski definition) is 3. The predicted octanol–water partition coefficient (Wildman–Crippen LogP) is 5.01. The summed E-state index contributed by atoms with van der Waals surface area (Å²) >= 11 is 11.4. The summed E-state index contributed by atoms with van der Waals surface area (Å²) in [5.41, 5.74) is 1.40. The Hall–Kier alpha value is -2.44. The van der Waals surface area contributed by atoms with Crippen LogP contribution in [0.3, 0.4) is 0 Å². The third-order valence-electron chi connectivity index (χ3n) is 5.65. The molecule has 4 rings (SSSR count). The van der Waals surface area contributed by atoms with Crippen LogP contribution in [0.5, 0.6) is 0 Å². The zero-order valence-electron chi connectivity index (χ0n) is 16.1. The van der Waals surface area contributed by atoms with Gasteiger partial charge in [0.2, 0.25) is 0 Å². The van der Waals surface area contributed by atoms with Crippen LogP contribution < -0.4 is 10.9 Å². The first-order valence-corrected chi connectivity index (χ1v) is 10.6. The van der Waals surface area contributed by atoms with E-state index in [0.29, 0.717) is 33.1 Å². The van der Waals surface area contributed by atoms with E-state index in [1.165, 1.54) is 11.0 Å². The van der Waals surface area contributed by atoms with E-state index in [4.69, 9.17) is 23.8 Å². The van der Waals surface area contributed by atoms with Gasteiger partial charge in [-0.2, -0.15) is 0 Å². The molecule has 2 unspecified atom stereocenters. The molecule has 1 aromatic heterocycles. The molecular formula is C22H22ClN3O2S. The molecule has 1 amide bonds. The van der Waals surface area contributed by atoms with Crippen molar-refractivity contribution in [1.29, 1.82) is 0 Å². The molecule has 0 aliphatic heterocycles. The summed E-state index contributed by atoms with van der Waals surface area (Å²) in [5.74, 6) is 0.348. The molecule has 1 aliphatic rings. The van der Waals surface area contributed by atoms with Crippen molar-refractivity contribution in [3.8, 4) is 5.69 Å². The number of H-pyrrole nitrogens is 1. The summed E-state index contributed by atoms with van der Waals surface area (Å²) in [5, 5.41) is 4.16. The van der Waals surface area contributed by atoms with Crippen molar-refractivity contribution in [2.75, 3.05) is 0 Å².